The summed E-state index contributed by atoms with van der Waals surface area (Å²) in [7, 11) is 1.61. The second-order valence-corrected chi connectivity index (χ2v) is 6.86. The van der Waals surface area contributed by atoms with E-state index in [9.17, 15) is 0 Å². The van der Waals surface area contributed by atoms with E-state index in [0.717, 1.165) is 48.2 Å². The van der Waals surface area contributed by atoms with Crippen molar-refractivity contribution in [3.63, 3.8) is 0 Å². The third-order valence-corrected chi connectivity index (χ3v) is 5.00. The predicted molar refractivity (Wildman–Crippen MR) is 106 cm³/mol. The number of thioether (sulfide) groups is 1. The van der Waals surface area contributed by atoms with Crippen molar-refractivity contribution in [2.24, 2.45) is 4.99 Å². The molecular weight excluding hydrogens is 348 g/mol. The van der Waals surface area contributed by atoms with E-state index in [-0.39, 0.29) is 6.10 Å². The van der Waals surface area contributed by atoms with Gasteiger partial charge in [0.15, 0.2) is 5.17 Å². The summed E-state index contributed by atoms with van der Waals surface area (Å²) < 4.78 is 11.2. The van der Waals surface area contributed by atoms with Crippen LogP contribution in [0.2, 0.25) is 0 Å². The number of ether oxygens (including phenoxy) is 2. The number of methoxy groups -OCH3 is 1. The van der Waals surface area contributed by atoms with Gasteiger partial charge in [0.1, 0.15) is 6.10 Å². The Kier molecular flexibility index (Phi) is 6.33. The van der Waals surface area contributed by atoms with Crippen LogP contribution < -0.4 is 9.47 Å². The van der Waals surface area contributed by atoms with Crippen LogP contribution in [0.1, 0.15) is 18.4 Å². The van der Waals surface area contributed by atoms with Crippen molar-refractivity contribution in [1.29, 1.82) is 0 Å². The maximum atomic E-state index is 6.08. The first-order valence-corrected chi connectivity index (χ1v) is 9.88. The lowest BCUT2D eigenvalue weighted by Crippen LogP contribution is -2.40. The minimum atomic E-state index is 0.200. The summed E-state index contributed by atoms with van der Waals surface area (Å²) in [5.41, 5.74) is 1.91. The largest absolute Gasteiger partial charge is 0.481 e. The van der Waals surface area contributed by atoms with Crippen LogP contribution in [0.4, 0.5) is 5.69 Å². The number of amidine groups is 1. The molecule has 0 spiro atoms. The molecule has 1 aliphatic heterocycles. The third kappa shape index (κ3) is 4.66. The minimum Gasteiger partial charge on any atom is -0.481 e. The van der Waals surface area contributed by atoms with Crippen LogP contribution in [-0.2, 0) is 0 Å². The smallest absolute Gasteiger partial charge is 0.216 e. The molecule has 0 radical (unpaired) electrons. The fraction of sp³-hybridized carbons (Fsp3) is 0.421. The average molecular weight is 372 g/mol. The summed E-state index contributed by atoms with van der Waals surface area (Å²) in [6.45, 7) is 3.86. The number of aryl methyl sites for hydroxylation is 1. The molecule has 0 aliphatic carbocycles. The highest BCUT2D eigenvalue weighted by atomic mass is 32.2. The van der Waals surface area contributed by atoms with Gasteiger partial charge in [-0.2, -0.15) is 0 Å². The molecule has 0 amide bonds. The van der Waals surface area contributed by atoms with Gasteiger partial charge in [0.05, 0.1) is 19.0 Å². The Balaban J connectivity index is 1.60. The molecule has 0 bridgehead atoms. The quantitative estimate of drug-likeness (QED) is 0.603. The Morgan fingerprint density at radius 2 is 2.04 bits per heavy atom. The van der Waals surface area contributed by atoms with Crippen molar-refractivity contribution in [3.05, 3.63) is 42.2 Å². The van der Waals surface area contributed by atoms with Crippen molar-refractivity contribution in [1.82, 2.24) is 14.9 Å². The first kappa shape index (κ1) is 18.5. The van der Waals surface area contributed by atoms with E-state index >= 15 is 0 Å². The van der Waals surface area contributed by atoms with Gasteiger partial charge in [0, 0.05) is 43.8 Å². The number of piperidine rings is 1. The Morgan fingerprint density at radius 3 is 2.65 bits per heavy atom. The predicted octanol–water partition coefficient (Wildman–Crippen LogP) is 3.69. The molecule has 1 saturated heterocycles. The highest BCUT2D eigenvalue weighted by molar-refractivity contribution is 8.13. The Hall–Kier alpha value is -2.28. The molecule has 3 rings (SSSR count). The van der Waals surface area contributed by atoms with Gasteiger partial charge in [-0.05, 0) is 25.3 Å². The van der Waals surface area contributed by atoms with Crippen molar-refractivity contribution >= 4 is 22.6 Å². The Morgan fingerprint density at radius 1 is 1.23 bits per heavy atom. The molecule has 0 atom stereocenters. The summed E-state index contributed by atoms with van der Waals surface area (Å²) in [4.78, 5) is 15.6. The summed E-state index contributed by atoms with van der Waals surface area (Å²) in [5.74, 6) is 1.34. The molecule has 1 aliphatic rings. The van der Waals surface area contributed by atoms with Gasteiger partial charge >= 0.3 is 0 Å². The van der Waals surface area contributed by atoms with Gasteiger partial charge in [-0.3, -0.25) is 0 Å². The van der Waals surface area contributed by atoms with Crippen molar-refractivity contribution in [3.8, 4) is 11.8 Å². The molecule has 0 saturated carbocycles. The summed E-state index contributed by atoms with van der Waals surface area (Å²) in [6.07, 6.45) is 7.67. The van der Waals surface area contributed by atoms with Crippen LogP contribution in [0.5, 0.6) is 11.8 Å². The normalized spacial score (nSPS) is 15.8. The summed E-state index contributed by atoms with van der Waals surface area (Å²) >= 11 is 1.65. The topological polar surface area (TPSA) is 59.8 Å². The van der Waals surface area contributed by atoms with E-state index in [4.69, 9.17) is 14.5 Å². The van der Waals surface area contributed by atoms with E-state index in [1.165, 1.54) is 0 Å². The third-order valence-electron chi connectivity index (χ3n) is 4.29. The zero-order valence-corrected chi connectivity index (χ0v) is 16.2. The number of hydrogen-bond acceptors (Lipinski definition) is 6. The highest BCUT2D eigenvalue weighted by Gasteiger charge is 2.23. The van der Waals surface area contributed by atoms with Gasteiger partial charge in [-0.1, -0.05) is 17.8 Å². The molecule has 3 heterocycles. The first-order valence-electron chi connectivity index (χ1n) is 8.65. The molecule has 0 aromatic carbocycles. The van der Waals surface area contributed by atoms with Crippen LogP contribution in [0.3, 0.4) is 0 Å². The van der Waals surface area contributed by atoms with Gasteiger partial charge in [0.2, 0.25) is 11.8 Å². The number of aliphatic imine (C=N–C) groups is 1. The maximum Gasteiger partial charge on any atom is 0.216 e. The molecule has 2 aromatic heterocycles. The van der Waals surface area contributed by atoms with E-state index in [1.54, 1.807) is 31.3 Å². The zero-order chi connectivity index (χ0) is 18.4. The van der Waals surface area contributed by atoms with Crippen LogP contribution >= 0.6 is 11.8 Å². The molecule has 26 heavy (non-hydrogen) atoms. The van der Waals surface area contributed by atoms with Gasteiger partial charge in [-0.25, -0.2) is 15.0 Å². The number of rotatable bonds is 4. The standard InChI is InChI=1S/C19H24N4O2S/c1-14-5-4-10-20-18(14)25-16-8-11-23(12-9-16)19(26-3)22-15-6-7-17(24-2)21-13-15/h4-7,10,13,16H,8-9,11-12H2,1-3H3. The van der Waals surface area contributed by atoms with Crippen LogP contribution in [-0.4, -0.2) is 52.6 Å². The number of aromatic nitrogens is 2. The SMILES string of the molecule is COc1ccc(N=C(SC)N2CCC(Oc3ncccc3C)CC2)cn1. The molecule has 7 heteroatoms. The molecule has 6 nitrogen and oxygen atoms in total. The zero-order valence-electron chi connectivity index (χ0n) is 15.4. The molecular formula is C19H24N4O2S. The lowest BCUT2D eigenvalue weighted by atomic mass is 10.1. The lowest BCUT2D eigenvalue weighted by Gasteiger charge is -2.33. The fourth-order valence-electron chi connectivity index (χ4n) is 2.83. The number of likely N-dealkylation sites (tertiary alicyclic amines) is 1. The van der Waals surface area contributed by atoms with Crippen LogP contribution in [0.15, 0.2) is 41.7 Å². The molecule has 1 fully saturated rings. The average Bonchev–Trinajstić information content (AvgIpc) is 2.69. The summed E-state index contributed by atoms with van der Waals surface area (Å²) in [6, 6.07) is 7.70. The number of hydrogen-bond donors (Lipinski definition) is 0. The molecule has 0 N–H and O–H groups in total. The second kappa shape index (κ2) is 8.89. The number of pyridine rings is 2. The molecule has 2 aromatic rings. The maximum absolute atomic E-state index is 6.08. The Bertz CT molecular complexity index is 743. The fourth-order valence-corrected chi connectivity index (χ4v) is 3.47. The number of nitrogens with zero attached hydrogens (tertiary/aromatic N) is 4. The van der Waals surface area contributed by atoms with Gasteiger partial charge in [0.25, 0.3) is 0 Å². The van der Waals surface area contributed by atoms with Gasteiger partial charge < -0.3 is 14.4 Å². The van der Waals surface area contributed by atoms with E-state index in [2.05, 4.69) is 21.1 Å². The van der Waals surface area contributed by atoms with Crippen molar-refractivity contribution in [2.45, 2.75) is 25.9 Å². The monoisotopic (exact) mass is 372 g/mol. The summed E-state index contributed by atoms with van der Waals surface area (Å²) in [5, 5.41) is 1.00. The Labute approximate surface area is 158 Å². The lowest BCUT2D eigenvalue weighted by molar-refractivity contribution is 0.126. The van der Waals surface area contributed by atoms with E-state index in [0.29, 0.717) is 5.88 Å². The molecule has 138 valence electrons. The molecule has 0 unspecified atom stereocenters. The van der Waals surface area contributed by atoms with Crippen molar-refractivity contribution < 1.29 is 9.47 Å². The minimum absolute atomic E-state index is 0.200. The second-order valence-electron chi connectivity index (χ2n) is 6.09. The van der Waals surface area contributed by atoms with Crippen LogP contribution in [0, 0.1) is 6.92 Å². The van der Waals surface area contributed by atoms with Gasteiger partial charge in [-0.15, -0.1) is 0 Å². The van der Waals surface area contributed by atoms with E-state index < -0.39 is 0 Å². The highest BCUT2D eigenvalue weighted by Crippen LogP contribution is 2.23. The van der Waals surface area contributed by atoms with Crippen LogP contribution in [0.25, 0.3) is 0 Å². The van der Waals surface area contributed by atoms with Crippen molar-refractivity contribution in [2.75, 3.05) is 26.5 Å². The first-order chi connectivity index (χ1) is 12.7. The van der Waals surface area contributed by atoms with E-state index in [1.807, 2.05) is 31.2 Å².